The monoisotopic (exact) mass is 270 g/mol. The van der Waals surface area contributed by atoms with E-state index in [-0.39, 0.29) is 37.7 Å². The molecule has 4 heteroatoms. The standard InChI is InChI=1S/C7H9N.C7H8N.C3H7.2Li/c2*1-6-4-3-5-7(2)8-6;1-3-2;;/h3-5H,1-2H3;3-5H,1H2,2H3;1,3H2,2H3;;/q;2*-1;2*+1. The van der Waals surface area contributed by atoms with E-state index in [9.17, 15) is 0 Å². The van der Waals surface area contributed by atoms with Gasteiger partial charge in [-0.1, -0.05) is 19.1 Å². The van der Waals surface area contributed by atoms with Gasteiger partial charge in [-0.3, -0.25) is 9.97 Å². The topological polar surface area (TPSA) is 25.8 Å². The second-order valence-corrected chi connectivity index (χ2v) is 4.19. The Hall–Kier alpha value is -0.635. The van der Waals surface area contributed by atoms with Gasteiger partial charge in [-0.25, -0.2) is 6.92 Å². The normalized spacial score (nSPS) is 7.86. The Labute approximate surface area is 154 Å². The minimum absolute atomic E-state index is 0. The first-order valence-electron chi connectivity index (χ1n) is 6.44. The van der Waals surface area contributed by atoms with Crippen LogP contribution in [0.2, 0.25) is 0 Å². The van der Waals surface area contributed by atoms with Gasteiger partial charge < -0.3 is 6.92 Å². The first-order valence-corrected chi connectivity index (χ1v) is 6.44. The summed E-state index contributed by atoms with van der Waals surface area (Å²) in [5.74, 6) is 0. The van der Waals surface area contributed by atoms with Crippen molar-refractivity contribution in [2.75, 3.05) is 0 Å². The first kappa shape index (κ1) is 25.3. The number of pyridine rings is 2. The van der Waals surface area contributed by atoms with Crippen LogP contribution in [0.3, 0.4) is 0 Å². The third kappa shape index (κ3) is 15.6. The third-order valence-corrected chi connectivity index (χ3v) is 1.97. The fourth-order valence-electron chi connectivity index (χ4n) is 1.28. The van der Waals surface area contributed by atoms with Crippen molar-refractivity contribution in [1.29, 1.82) is 0 Å². The molecule has 0 aliphatic carbocycles. The van der Waals surface area contributed by atoms with Crippen LogP contribution in [0.1, 0.15) is 36.1 Å². The molecular weight excluding hydrogens is 246 g/mol. The van der Waals surface area contributed by atoms with Gasteiger partial charge in [0.05, 0.1) is 0 Å². The average molecular weight is 270 g/mol. The second kappa shape index (κ2) is 15.7. The maximum atomic E-state index is 4.17. The average Bonchev–Trinajstić information content (AvgIpc) is 2.30. The van der Waals surface area contributed by atoms with Gasteiger partial charge in [0.25, 0.3) is 0 Å². The predicted molar refractivity (Wildman–Crippen MR) is 82.8 cm³/mol. The minimum atomic E-state index is 0. The van der Waals surface area contributed by atoms with E-state index in [4.69, 9.17) is 0 Å². The van der Waals surface area contributed by atoms with E-state index < -0.39 is 0 Å². The van der Waals surface area contributed by atoms with Gasteiger partial charge in [0, 0.05) is 17.1 Å². The molecule has 2 aromatic heterocycles. The van der Waals surface area contributed by atoms with Crippen LogP contribution in [0.4, 0.5) is 0 Å². The maximum absolute atomic E-state index is 4.17. The van der Waals surface area contributed by atoms with Crippen LogP contribution in [-0.4, -0.2) is 9.97 Å². The van der Waals surface area contributed by atoms with Gasteiger partial charge in [0.2, 0.25) is 0 Å². The van der Waals surface area contributed by atoms with Crippen molar-refractivity contribution in [2.24, 2.45) is 0 Å². The summed E-state index contributed by atoms with van der Waals surface area (Å²) in [4.78, 5) is 8.24. The molecule has 0 amide bonds. The zero-order valence-corrected chi connectivity index (χ0v) is 14.5. The van der Waals surface area contributed by atoms with Gasteiger partial charge in [0.1, 0.15) is 0 Å². The molecule has 2 heterocycles. The van der Waals surface area contributed by atoms with Crippen molar-refractivity contribution in [3.05, 3.63) is 73.0 Å². The number of aryl methyl sites for hydroxylation is 3. The first-order chi connectivity index (χ1) is 8.99. The molecule has 0 aliphatic rings. The molecule has 0 N–H and O–H groups in total. The van der Waals surface area contributed by atoms with Crippen molar-refractivity contribution in [3.8, 4) is 0 Å². The molecule has 0 unspecified atom stereocenters. The molecule has 0 radical (unpaired) electrons. The molecule has 0 spiro atoms. The van der Waals surface area contributed by atoms with Gasteiger partial charge in [-0.15, -0.1) is 11.8 Å². The third-order valence-electron chi connectivity index (χ3n) is 1.97. The van der Waals surface area contributed by atoms with Crippen LogP contribution in [0.15, 0.2) is 36.4 Å². The summed E-state index contributed by atoms with van der Waals surface area (Å²) in [6.45, 7) is 15.1. The van der Waals surface area contributed by atoms with Gasteiger partial charge >= 0.3 is 37.7 Å². The fraction of sp³-hybridized carbons (Fsp3) is 0.294. The summed E-state index contributed by atoms with van der Waals surface area (Å²) in [7, 11) is 0. The van der Waals surface area contributed by atoms with Crippen LogP contribution in [0.5, 0.6) is 0 Å². The van der Waals surface area contributed by atoms with E-state index in [0.717, 1.165) is 29.2 Å². The smallest absolute Gasteiger partial charge is 0.344 e. The van der Waals surface area contributed by atoms with E-state index in [0.29, 0.717) is 0 Å². The summed E-state index contributed by atoms with van der Waals surface area (Å²) in [5, 5.41) is 0. The number of hydrogen-bond acceptors (Lipinski definition) is 2. The van der Waals surface area contributed by atoms with Crippen molar-refractivity contribution in [3.63, 3.8) is 0 Å². The van der Waals surface area contributed by atoms with Crippen LogP contribution in [-0.2, 0) is 0 Å². The van der Waals surface area contributed by atoms with E-state index in [2.05, 4.69) is 23.8 Å². The number of aromatic nitrogens is 2. The molecule has 21 heavy (non-hydrogen) atoms. The van der Waals surface area contributed by atoms with Gasteiger partial charge in [0.15, 0.2) is 0 Å². The summed E-state index contributed by atoms with van der Waals surface area (Å²) in [5.41, 5.74) is 4.04. The number of nitrogens with zero attached hydrogens (tertiary/aromatic N) is 2. The van der Waals surface area contributed by atoms with Crippen LogP contribution in [0.25, 0.3) is 0 Å². The Bertz CT molecular complexity index is 396. The predicted octanol–water partition coefficient (Wildman–Crippen LogP) is -1.49. The van der Waals surface area contributed by atoms with Crippen molar-refractivity contribution >= 4 is 0 Å². The maximum Gasteiger partial charge on any atom is 1.00 e. The molecule has 2 nitrogen and oxygen atoms in total. The number of hydrogen-bond donors (Lipinski definition) is 0. The Morgan fingerprint density at radius 1 is 0.810 bits per heavy atom. The van der Waals surface area contributed by atoms with E-state index in [1.807, 2.05) is 64.1 Å². The molecule has 0 bridgehead atoms. The Morgan fingerprint density at radius 3 is 1.33 bits per heavy atom. The van der Waals surface area contributed by atoms with Crippen LogP contribution >= 0.6 is 0 Å². The quantitative estimate of drug-likeness (QED) is 0.430. The molecule has 0 aromatic carbocycles. The molecule has 0 saturated carbocycles. The SMILES string of the molecule is Cc1cccc(C)n1.[CH2-]CC.[CH2-]c1cccc(C)n1.[Li+].[Li+]. The summed E-state index contributed by atoms with van der Waals surface area (Å²) in [6, 6.07) is 11.8. The second-order valence-electron chi connectivity index (χ2n) is 4.19. The molecular formula is C17H24Li2N2. The molecule has 0 fully saturated rings. The summed E-state index contributed by atoms with van der Waals surface area (Å²) in [6.07, 6.45) is 1.00. The van der Waals surface area contributed by atoms with Gasteiger partial charge in [-0.2, -0.15) is 12.5 Å². The molecule has 2 aromatic rings. The van der Waals surface area contributed by atoms with Crippen molar-refractivity contribution in [1.82, 2.24) is 9.97 Å². The fourth-order valence-corrected chi connectivity index (χ4v) is 1.28. The zero-order valence-electron chi connectivity index (χ0n) is 14.5. The zero-order chi connectivity index (χ0) is 14.7. The Kier molecular flexibility index (Phi) is 19.0. The Morgan fingerprint density at radius 2 is 1.14 bits per heavy atom. The summed E-state index contributed by atoms with van der Waals surface area (Å²) < 4.78 is 0. The van der Waals surface area contributed by atoms with E-state index in [1.54, 1.807) is 0 Å². The van der Waals surface area contributed by atoms with E-state index in [1.165, 1.54) is 0 Å². The molecule has 0 saturated heterocycles. The summed E-state index contributed by atoms with van der Waals surface area (Å²) >= 11 is 0. The molecule has 104 valence electrons. The van der Waals surface area contributed by atoms with Crippen LogP contribution in [0, 0.1) is 34.6 Å². The van der Waals surface area contributed by atoms with E-state index >= 15 is 0 Å². The molecule has 2 rings (SSSR count). The largest absolute Gasteiger partial charge is 1.00 e. The molecule has 0 aliphatic heterocycles. The minimum Gasteiger partial charge on any atom is -0.344 e. The Balaban J connectivity index is -0.000000242. The van der Waals surface area contributed by atoms with Gasteiger partial charge in [-0.05, 0) is 32.9 Å². The number of rotatable bonds is 0. The molecule has 0 atom stereocenters. The van der Waals surface area contributed by atoms with Crippen molar-refractivity contribution in [2.45, 2.75) is 34.1 Å². The van der Waals surface area contributed by atoms with Crippen molar-refractivity contribution < 1.29 is 37.7 Å². The van der Waals surface area contributed by atoms with Crippen LogP contribution < -0.4 is 37.7 Å².